The smallest absolute Gasteiger partial charge is 0.344 e. The summed E-state index contributed by atoms with van der Waals surface area (Å²) < 4.78 is 4.74. The van der Waals surface area contributed by atoms with Gasteiger partial charge in [0.25, 0.3) is 0 Å². The van der Waals surface area contributed by atoms with Gasteiger partial charge >= 0.3 is 5.97 Å². The van der Waals surface area contributed by atoms with Gasteiger partial charge in [-0.25, -0.2) is 4.79 Å². The molecule has 0 aliphatic carbocycles. The second kappa shape index (κ2) is 2.11. The summed E-state index contributed by atoms with van der Waals surface area (Å²) in [6, 6.07) is 4.47. The number of fused-ring (bicyclic) bond motifs is 1. The summed E-state index contributed by atoms with van der Waals surface area (Å²) in [5.74, 6) is -0.0544. The molecule has 1 aromatic carbocycles. The molecule has 1 N–H and O–H groups in total. The van der Waals surface area contributed by atoms with Crippen LogP contribution < -0.4 is 0 Å². The van der Waals surface area contributed by atoms with E-state index in [-0.39, 0.29) is 5.75 Å². The molecule has 0 spiro atoms. The monoisotopic (exact) mass is 162 g/mol. The third-order valence-electron chi connectivity index (χ3n) is 1.74. The molecule has 0 saturated carbocycles. The number of phenolic OH excluding ortho intramolecular Hbond substituents is 1. The van der Waals surface area contributed by atoms with Crippen LogP contribution in [0, 0.1) is 0 Å². The minimum Gasteiger partial charge on any atom is -0.508 e. The minimum absolute atomic E-state index is 0.0559. The maximum Gasteiger partial charge on any atom is 0.344 e. The lowest BCUT2D eigenvalue weighted by Crippen LogP contribution is -1.92. The largest absolute Gasteiger partial charge is 0.508 e. The van der Waals surface area contributed by atoms with Gasteiger partial charge in [-0.1, -0.05) is 6.58 Å². The Hall–Kier alpha value is -1.77. The van der Waals surface area contributed by atoms with Crippen molar-refractivity contribution in [1.82, 2.24) is 0 Å². The molecule has 1 aromatic rings. The van der Waals surface area contributed by atoms with Crippen LogP contribution in [0.3, 0.4) is 0 Å². The van der Waals surface area contributed by atoms with Gasteiger partial charge in [0.2, 0.25) is 0 Å². The highest BCUT2D eigenvalue weighted by molar-refractivity contribution is 6.02. The zero-order valence-corrected chi connectivity index (χ0v) is 6.20. The first-order chi connectivity index (χ1) is 5.68. The van der Waals surface area contributed by atoms with Gasteiger partial charge in [-0.3, -0.25) is 0 Å². The van der Waals surface area contributed by atoms with E-state index in [1.807, 2.05) is 0 Å². The Morgan fingerprint density at radius 2 is 2.08 bits per heavy atom. The molecular weight excluding hydrogens is 156 g/mol. The maximum absolute atomic E-state index is 11.0. The molecule has 0 radical (unpaired) electrons. The molecule has 3 heteroatoms. The molecule has 1 aliphatic rings. The molecule has 0 saturated heterocycles. The fraction of sp³-hybridized carbons (Fsp3) is 0. The van der Waals surface area contributed by atoms with E-state index in [1.165, 1.54) is 12.1 Å². The van der Waals surface area contributed by atoms with Crippen molar-refractivity contribution in [3.63, 3.8) is 0 Å². The van der Waals surface area contributed by atoms with E-state index < -0.39 is 5.97 Å². The van der Waals surface area contributed by atoms with Crippen molar-refractivity contribution in [1.29, 1.82) is 0 Å². The predicted molar refractivity (Wildman–Crippen MR) is 42.6 cm³/mol. The quantitative estimate of drug-likeness (QED) is 0.588. The van der Waals surface area contributed by atoms with E-state index in [2.05, 4.69) is 6.58 Å². The first kappa shape index (κ1) is 6.91. The molecule has 0 amide bonds. The summed E-state index contributed by atoms with van der Waals surface area (Å²) >= 11 is 0. The van der Waals surface area contributed by atoms with Crippen LogP contribution in [0.5, 0.6) is 5.75 Å². The zero-order valence-electron chi connectivity index (χ0n) is 6.20. The Balaban J connectivity index is 2.68. The Morgan fingerprint density at radius 1 is 1.33 bits per heavy atom. The van der Waals surface area contributed by atoms with Gasteiger partial charge in [0.05, 0.1) is 5.56 Å². The number of hydrogen-bond acceptors (Lipinski definition) is 3. The summed E-state index contributed by atoms with van der Waals surface area (Å²) in [5, 5.41) is 9.06. The van der Waals surface area contributed by atoms with Crippen LogP contribution in [0.4, 0.5) is 0 Å². The van der Waals surface area contributed by atoms with Crippen LogP contribution in [0.25, 0.3) is 5.76 Å². The van der Waals surface area contributed by atoms with Gasteiger partial charge in [-0.05, 0) is 18.2 Å². The standard InChI is InChI=1S/C9H6O3/c1-5-7-3-2-6(10)4-8(7)9(11)12-5/h2-4,10H,1H2. The average molecular weight is 162 g/mol. The molecule has 3 nitrogen and oxygen atoms in total. The normalized spacial score (nSPS) is 14.3. The molecular formula is C9H6O3. The minimum atomic E-state index is -0.453. The Bertz CT molecular complexity index is 379. The van der Waals surface area contributed by atoms with Crippen molar-refractivity contribution in [2.45, 2.75) is 0 Å². The molecule has 0 aromatic heterocycles. The van der Waals surface area contributed by atoms with Crippen molar-refractivity contribution in [2.75, 3.05) is 0 Å². The number of cyclic esters (lactones) is 1. The van der Waals surface area contributed by atoms with Gasteiger partial charge < -0.3 is 9.84 Å². The second-order valence-corrected chi connectivity index (χ2v) is 2.54. The summed E-state index contributed by atoms with van der Waals surface area (Å²) in [4.78, 5) is 11.0. The number of hydrogen-bond donors (Lipinski definition) is 1. The number of benzene rings is 1. The van der Waals surface area contributed by atoms with Crippen molar-refractivity contribution in [3.05, 3.63) is 35.9 Å². The highest BCUT2D eigenvalue weighted by Crippen LogP contribution is 2.30. The van der Waals surface area contributed by atoms with Crippen LogP contribution in [-0.2, 0) is 4.74 Å². The average Bonchev–Trinajstić information content (AvgIpc) is 2.28. The summed E-state index contributed by atoms with van der Waals surface area (Å²) in [7, 11) is 0. The number of carbonyl (C=O) groups excluding carboxylic acids is 1. The topological polar surface area (TPSA) is 46.5 Å². The van der Waals surface area contributed by atoms with Gasteiger partial charge in [-0.2, -0.15) is 0 Å². The van der Waals surface area contributed by atoms with Crippen molar-refractivity contribution in [3.8, 4) is 5.75 Å². The molecule has 1 aliphatic heterocycles. The van der Waals surface area contributed by atoms with E-state index in [4.69, 9.17) is 9.84 Å². The molecule has 60 valence electrons. The highest BCUT2D eigenvalue weighted by Gasteiger charge is 2.24. The lowest BCUT2D eigenvalue weighted by molar-refractivity contribution is 0.0716. The second-order valence-electron chi connectivity index (χ2n) is 2.54. The van der Waals surface area contributed by atoms with Gasteiger partial charge in [0.15, 0.2) is 0 Å². The summed E-state index contributed by atoms with van der Waals surface area (Å²) in [6.07, 6.45) is 0. The third kappa shape index (κ3) is 0.797. The van der Waals surface area contributed by atoms with Crippen LogP contribution in [0.1, 0.15) is 15.9 Å². The zero-order chi connectivity index (χ0) is 8.72. The summed E-state index contributed by atoms with van der Waals surface area (Å²) in [6.45, 7) is 3.55. The van der Waals surface area contributed by atoms with Crippen molar-refractivity contribution >= 4 is 11.7 Å². The molecule has 12 heavy (non-hydrogen) atoms. The van der Waals surface area contributed by atoms with Gasteiger partial charge in [-0.15, -0.1) is 0 Å². The van der Waals surface area contributed by atoms with E-state index >= 15 is 0 Å². The predicted octanol–water partition coefficient (Wildman–Crippen LogP) is 1.53. The van der Waals surface area contributed by atoms with Crippen LogP contribution in [-0.4, -0.2) is 11.1 Å². The van der Waals surface area contributed by atoms with Gasteiger partial charge in [0, 0.05) is 5.56 Å². The summed E-state index contributed by atoms with van der Waals surface area (Å²) in [5.41, 5.74) is 1.03. The highest BCUT2D eigenvalue weighted by atomic mass is 16.5. The Labute approximate surface area is 68.9 Å². The number of aromatic hydroxyl groups is 1. The van der Waals surface area contributed by atoms with Crippen molar-refractivity contribution in [2.24, 2.45) is 0 Å². The molecule has 2 rings (SSSR count). The first-order valence-corrected chi connectivity index (χ1v) is 3.43. The fourth-order valence-corrected chi connectivity index (χ4v) is 1.17. The molecule has 0 unspecified atom stereocenters. The molecule has 1 heterocycles. The molecule has 0 atom stereocenters. The lowest BCUT2D eigenvalue weighted by atomic mass is 10.1. The van der Waals surface area contributed by atoms with E-state index in [0.717, 1.165) is 0 Å². The number of rotatable bonds is 0. The number of ether oxygens (including phenoxy) is 1. The number of esters is 1. The van der Waals surface area contributed by atoms with E-state index in [0.29, 0.717) is 16.9 Å². The Kier molecular flexibility index (Phi) is 1.21. The van der Waals surface area contributed by atoms with E-state index in [1.54, 1.807) is 6.07 Å². The SMILES string of the molecule is C=C1OC(=O)c2cc(O)ccc21. The van der Waals surface area contributed by atoms with Crippen molar-refractivity contribution < 1.29 is 14.6 Å². The fourth-order valence-electron chi connectivity index (χ4n) is 1.17. The molecule has 0 fully saturated rings. The number of carbonyl (C=O) groups is 1. The Morgan fingerprint density at radius 3 is 2.83 bits per heavy atom. The van der Waals surface area contributed by atoms with Crippen LogP contribution in [0.2, 0.25) is 0 Å². The molecule has 0 bridgehead atoms. The lowest BCUT2D eigenvalue weighted by Gasteiger charge is -1.93. The van der Waals surface area contributed by atoms with Crippen LogP contribution >= 0.6 is 0 Å². The first-order valence-electron chi connectivity index (χ1n) is 3.43. The van der Waals surface area contributed by atoms with Crippen LogP contribution in [0.15, 0.2) is 24.8 Å². The van der Waals surface area contributed by atoms with E-state index in [9.17, 15) is 4.79 Å². The number of phenols is 1. The van der Waals surface area contributed by atoms with Gasteiger partial charge in [0.1, 0.15) is 11.5 Å². The maximum atomic E-state index is 11.0. The third-order valence-corrected chi connectivity index (χ3v) is 1.74.